The zero-order chi connectivity index (χ0) is 14.0. The summed E-state index contributed by atoms with van der Waals surface area (Å²) in [4.78, 5) is 15.8. The van der Waals surface area contributed by atoms with Crippen molar-refractivity contribution in [2.75, 3.05) is 0 Å². The molecule has 4 nitrogen and oxygen atoms in total. The van der Waals surface area contributed by atoms with E-state index >= 15 is 0 Å². The fourth-order valence-corrected chi connectivity index (χ4v) is 2.78. The summed E-state index contributed by atoms with van der Waals surface area (Å²) in [7, 11) is 0. The maximum absolute atomic E-state index is 11.2. The average molecular weight is 277 g/mol. The SMILES string of the molecule is CC(C)Cn1c(S[C@H](C)C(N)=O)nc2ccccc21. The lowest BCUT2D eigenvalue weighted by atomic mass is 10.2. The van der Waals surface area contributed by atoms with Crippen LogP contribution in [0.25, 0.3) is 11.0 Å². The topological polar surface area (TPSA) is 60.9 Å². The highest BCUT2D eigenvalue weighted by molar-refractivity contribution is 8.00. The number of rotatable bonds is 5. The molecule has 0 aliphatic rings. The number of hydrogen-bond acceptors (Lipinski definition) is 3. The number of carbonyl (C=O) groups is 1. The normalized spacial score (nSPS) is 13.1. The molecular formula is C14H19N3OS. The van der Waals surface area contributed by atoms with Gasteiger partial charge >= 0.3 is 0 Å². The highest BCUT2D eigenvalue weighted by Crippen LogP contribution is 2.27. The average Bonchev–Trinajstić information content (AvgIpc) is 2.67. The fourth-order valence-electron chi connectivity index (χ4n) is 1.90. The molecule has 0 saturated heterocycles. The minimum absolute atomic E-state index is 0.275. The molecule has 2 aromatic rings. The summed E-state index contributed by atoms with van der Waals surface area (Å²) in [6.07, 6.45) is 0. The quantitative estimate of drug-likeness (QED) is 0.855. The zero-order valence-corrected chi connectivity index (χ0v) is 12.3. The third-order valence-electron chi connectivity index (χ3n) is 2.85. The van der Waals surface area contributed by atoms with Gasteiger partial charge in [0.25, 0.3) is 0 Å². The molecule has 2 rings (SSSR count). The summed E-state index contributed by atoms with van der Waals surface area (Å²) in [6.45, 7) is 7.03. The van der Waals surface area contributed by atoms with Gasteiger partial charge in [-0.2, -0.15) is 0 Å². The molecule has 0 fully saturated rings. The van der Waals surface area contributed by atoms with Crippen molar-refractivity contribution in [3.63, 3.8) is 0 Å². The smallest absolute Gasteiger partial charge is 0.230 e. The number of fused-ring (bicyclic) bond motifs is 1. The lowest BCUT2D eigenvalue weighted by Crippen LogP contribution is -2.23. The van der Waals surface area contributed by atoms with Crippen molar-refractivity contribution in [1.82, 2.24) is 9.55 Å². The number of thioether (sulfide) groups is 1. The summed E-state index contributed by atoms with van der Waals surface area (Å²) in [5.74, 6) is 0.203. The molecule has 0 bridgehead atoms. The maximum atomic E-state index is 11.2. The molecule has 0 unspecified atom stereocenters. The van der Waals surface area contributed by atoms with Gasteiger partial charge in [-0.3, -0.25) is 4.79 Å². The van der Waals surface area contributed by atoms with Gasteiger partial charge in [0.15, 0.2) is 5.16 Å². The van der Waals surface area contributed by atoms with E-state index in [1.54, 1.807) is 0 Å². The Morgan fingerprint density at radius 3 is 2.68 bits per heavy atom. The van der Waals surface area contributed by atoms with Crippen molar-refractivity contribution in [3.8, 4) is 0 Å². The highest BCUT2D eigenvalue weighted by Gasteiger charge is 2.17. The van der Waals surface area contributed by atoms with E-state index in [4.69, 9.17) is 5.73 Å². The summed E-state index contributed by atoms with van der Waals surface area (Å²) < 4.78 is 2.17. The predicted octanol–water partition coefficient (Wildman–Crippen LogP) is 2.66. The van der Waals surface area contributed by atoms with Crippen LogP contribution in [0.4, 0.5) is 0 Å². The van der Waals surface area contributed by atoms with Crippen LogP contribution in [0.15, 0.2) is 29.4 Å². The number of hydrogen-bond donors (Lipinski definition) is 1. The molecule has 1 atom stereocenters. The van der Waals surface area contributed by atoms with Crippen molar-refractivity contribution in [2.45, 2.75) is 37.7 Å². The Hall–Kier alpha value is -1.49. The number of nitrogens with two attached hydrogens (primary N) is 1. The van der Waals surface area contributed by atoms with E-state index < -0.39 is 0 Å². The number of nitrogens with zero attached hydrogens (tertiary/aromatic N) is 2. The van der Waals surface area contributed by atoms with Gasteiger partial charge < -0.3 is 10.3 Å². The van der Waals surface area contributed by atoms with Crippen LogP contribution in [0.2, 0.25) is 0 Å². The third-order valence-corrected chi connectivity index (χ3v) is 3.96. The summed E-state index contributed by atoms with van der Waals surface area (Å²) in [6, 6.07) is 8.03. The number of primary amides is 1. The van der Waals surface area contributed by atoms with Crippen LogP contribution in [0, 0.1) is 5.92 Å². The Labute approximate surface area is 117 Å². The first-order valence-corrected chi connectivity index (χ1v) is 7.28. The van der Waals surface area contributed by atoms with Crippen molar-refractivity contribution in [1.29, 1.82) is 0 Å². The van der Waals surface area contributed by atoms with Crippen LogP contribution >= 0.6 is 11.8 Å². The molecule has 0 radical (unpaired) electrons. The zero-order valence-electron chi connectivity index (χ0n) is 11.5. The molecule has 0 aliphatic carbocycles. The van der Waals surface area contributed by atoms with Crippen LogP contribution in [0.1, 0.15) is 20.8 Å². The Kier molecular flexibility index (Phi) is 4.14. The van der Waals surface area contributed by atoms with Crippen molar-refractivity contribution >= 4 is 28.7 Å². The Balaban J connectivity index is 2.43. The van der Waals surface area contributed by atoms with Gasteiger partial charge in [-0.15, -0.1) is 0 Å². The number of benzene rings is 1. The second-order valence-electron chi connectivity index (χ2n) is 5.05. The van der Waals surface area contributed by atoms with Gasteiger partial charge in [0, 0.05) is 6.54 Å². The summed E-state index contributed by atoms with van der Waals surface area (Å²) >= 11 is 1.42. The van der Waals surface area contributed by atoms with Crippen LogP contribution in [0.5, 0.6) is 0 Å². The maximum Gasteiger partial charge on any atom is 0.230 e. The minimum atomic E-state index is -0.312. The van der Waals surface area contributed by atoms with E-state index in [1.807, 2.05) is 25.1 Å². The lowest BCUT2D eigenvalue weighted by molar-refractivity contribution is -0.117. The number of carbonyl (C=O) groups excluding carboxylic acids is 1. The molecule has 0 aliphatic heterocycles. The molecular weight excluding hydrogens is 258 g/mol. The van der Waals surface area contributed by atoms with Crippen LogP contribution in [0.3, 0.4) is 0 Å². The van der Waals surface area contributed by atoms with Crippen LogP contribution in [-0.4, -0.2) is 20.7 Å². The van der Waals surface area contributed by atoms with Crippen molar-refractivity contribution < 1.29 is 4.79 Å². The molecule has 19 heavy (non-hydrogen) atoms. The van der Waals surface area contributed by atoms with E-state index in [0.717, 1.165) is 22.7 Å². The Bertz CT molecular complexity index is 591. The molecule has 1 aromatic heterocycles. The molecule has 1 amide bonds. The van der Waals surface area contributed by atoms with Gasteiger partial charge in [-0.25, -0.2) is 4.98 Å². The van der Waals surface area contributed by atoms with Crippen molar-refractivity contribution in [3.05, 3.63) is 24.3 Å². The van der Waals surface area contributed by atoms with Crippen LogP contribution < -0.4 is 5.73 Å². The van der Waals surface area contributed by atoms with Crippen molar-refractivity contribution in [2.24, 2.45) is 11.7 Å². The number of imidazole rings is 1. The number of aromatic nitrogens is 2. The summed E-state index contributed by atoms with van der Waals surface area (Å²) in [5, 5.41) is 0.587. The largest absolute Gasteiger partial charge is 0.369 e. The lowest BCUT2D eigenvalue weighted by Gasteiger charge is -2.12. The van der Waals surface area contributed by atoms with Gasteiger partial charge in [-0.05, 0) is 25.0 Å². The minimum Gasteiger partial charge on any atom is -0.369 e. The van der Waals surface area contributed by atoms with E-state index in [2.05, 4.69) is 29.5 Å². The Morgan fingerprint density at radius 2 is 2.05 bits per heavy atom. The molecule has 1 aromatic carbocycles. The van der Waals surface area contributed by atoms with Gasteiger partial charge in [-0.1, -0.05) is 37.7 Å². The highest BCUT2D eigenvalue weighted by atomic mass is 32.2. The second-order valence-corrected chi connectivity index (χ2v) is 6.36. The van der Waals surface area contributed by atoms with E-state index in [1.165, 1.54) is 11.8 Å². The standard InChI is InChI=1S/C14H19N3OS/c1-9(2)8-17-12-7-5-4-6-11(12)16-14(17)19-10(3)13(15)18/h4-7,9-10H,8H2,1-3H3,(H2,15,18)/t10-/m1/s1. The van der Waals surface area contributed by atoms with Gasteiger partial charge in [0.2, 0.25) is 5.91 Å². The number of para-hydroxylation sites is 2. The molecule has 5 heteroatoms. The van der Waals surface area contributed by atoms with Gasteiger partial charge in [0.05, 0.1) is 16.3 Å². The van der Waals surface area contributed by atoms with Gasteiger partial charge in [0.1, 0.15) is 0 Å². The first-order valence-electron chi connectivity index (χ1n) is 6.40. The second kappa shape index (κ2) is 5.65. The van der Waals surface area contributed by atoms with E-state index in [-0.39, 0.29) is 11.2 Å². The van der Waals surface area contributed by atoms with E-state index in [0.29, 0.717) is 5.92 Å². The van der Waals surface area contributed by atoms with Crippen LogP contribution in [-0.2, 0) is 11.3 Å². The first kappa shape index (κ1) is 13.9. The molecule has 2 N–H and O–H groups in total. The third kappa shape index (κ3) is 3.10. The first-order chi connectivity index (χ1) is 8.99. The monoisotopic (exact) mass is 277 g/mol. The molecule has 0 saturated carbocycles. The summed E-state index contributed by atoms with van der Waals surface area (Å²) in [5.41, 5.74) is 7.40. The predicted molar refractivity (Wildman–Crippen MR) is 79.1 cm³/mol. The Morgan fingerprint density at radius 1 is 1.37 bits per heavy atom. The molecule has 1 heterocycles. The van der Waals surface area contributed by atoms with E-state index in [9.17, 15) is 4.79 Å². The molecule has 102 valence electrons. The molecule has 0 spiro atoms. The fraction of sp³-hybridized carbons (Fsp3) is 0.429. The number of amides is 1.